The van der Waals surface area contributed by atoms with Gasteiger partial charge in [0.15, 0.2) is 0 Å². The minimum absolute atomic E-state index is 0.0484. The van der Waals surface area contributed by atoms with E-state index in [1.807, 2.05) is 0 Å². The van der Waals surface area contributed by atoms with Crippen LogP contribution in [0.15, 0.2) is 24.3 Å². The SMILES string of the molecule is CC(C)C(F)(F)c1cccc([C@@H](C)N)c1. The summed E-state index contributed by atoms with van der Waals surface area (Å²) in [5.74, 6) is -3.49. The van der Waals surface area contributed by atoms with E-state index in [2.05, 4.69) is 0 Å². The van der Waals surface area contributed by atoms with Gasteiger partial charge in [0.25, 0.3) is 5.92 Å². The fourth-order valence-electron chi connectivity index (χ4n) is 1.36. The first-order valence-corrected chi connectivity index (χ1v) is 5.09. The maximum Gasteiger partial charge on any atom is 0.275 e. The predicted molar refractivity (Wildman–Crippen MR) is 57.8 cm³/mol. The molecule has 0 unspecified atom stereocenters. The Kier molecular flexibility index (Phi) is 3.45. The molecule has 1 atom stereocenters. The van der Waals surface area contributed by atoms with Gasteiger partial charge in [0, 0.05) is 17.5 Å². The molecule has 0 radical (unpaired) electrons. The molecule has 0 aromatic heterocycles. The van der Waals surface area contributed by atoms with Gasteiger partial charge < -0.3 is 5.73 Å². The van der Waals surface area contributed by atoms with Crippen molar-refractivity contribution in [1.29, 1.82) is 0 Å². The highest BCUT2D eigenvalue weighted by Gasteiger charge is 2.35. The Morgan fingerprint density at radius 1 is 1.20 bits per heavy atom. The van der Waals surface area contributed by atoms with Gasteiger partial charge in [0.2, 0.25) is 0 Å². The highest BCUT2D eigenvalue weighted by Crippen LogP contribution is 2.36. The Morgan fingerprint density at radius 2 is 1.80 bits per heavy atom. The van der Waals surface area contributed by atoms with Crippen LogP contribution in [0.3, 0.4) is 0 Å². The second-order valence-electron chi connectivity index (χ2n) is 4.19. The minimum atomic E-state index is -2.79. The van der Waals surface area contributed by atoms with Crippen molar-refractivity contribution in [3.05, 3.63) is 35.4 Å². The predicted octanol–water partition coefficient (Wildman–Crippen LogP) is 3.45. The second-order valence-corrected chi connectivity index (χ2v) is 4.19. The molecule has 1 aromatic rings. The fourth-order valence-corrected chi connectivity index (χ4v) is 1.36. The summed E-state index contributed by atoms with van der Waals surface area (Å²) in [6, 6.07) is 6.12. The summed E-state index contributed by atoms with van der Waals surface area (Å²) in [6.45, 7) is 4.81. The lowest BCUT2D eigenvalue weighted by Crippen LogP contribution is -2.21. The van der Waals surface area contributed by atoms with Crippen LogP contribution in [-0.4, -0.2) is 0 Å². The van der Waals surface area contributed by atoms with Crippen LogP contribution < -0.4 is 5.73 Å². The van der Waals surface area contributed by atoms with Gasteiger partial charge in [-0.3, -0.25) is 0 Å². The van der Waals surface area contributed by atoms with Crippen molar-refractivity contribution in [2.45, 2.75) is 32.7 Å². The number of rotatable bonds is 3. The summed E-state index contributed by atoms with van der Waals surface area (Å²) in [4.78, 5) is 0. The van der Waals surface area contributed by atoms with E-state index in [0.29, 0.717) is 0 Å². The molecule has 1 rings (SSSR count). The normalized spacial score (nSPS) is 14.3. The molecule has 0 fully saturated rings. The van der Waals surface area contributed by atoms with Gasteiger partial charge >= 0.3 is 0 Å². The highest BCUT2D eigenvalue weighted by molar-refractivity contribution is 5.28. The third kappa shape index (κ3) is 2.53. The first-order chi connectivity index (χ1) is 6.85. The molecule has 0 bridgehead atoms. The number of benzene rings is 1. The lowest BCUT2D eigenvalue weighted by Gasteiger charge is -2.21. The Labute approximate surface area is 89.3 Å². The molecule has 0 heterocycles. The zero-order chi connectivity index (χ0) is 11.6. The van der Waals surface area contributed by atoms with Crippen molar-refractivity contribution >= 4 is 0 Å². The van der Waals surface area contributed by atoms with E-state index in [4.69, 9.17) is 5.73 Å². The van der Waals surface area contributed by atoms with E-state index in [9.17, 15) is 8.78 Å². The Bertz CT molecular complexity index is 332. The quantitative estimate of drug-likeness (QED) is 0.817. The summed E-state index contributed by atoms with van der Waals surface area (Å²) >= 11 is 0. The Hall–Kier alpha value is -0.960. The third-order valence-electron chi connectivity index (χ3n) is 2.52. The van der Waals surface area contributed by atoms with Gasteiger partial charge in [-0.2, -0.15) is 0 Å². The lowest BCUT2D eigenvalue weighted by molar-refractivity contribution is -0.0514. The average Bonchev–Trinajstić information content (AvgIpc) is 2.17. The molecule has 1 nitrogen and oxygen atoms in total. The summed E-state index contributed by atoms with van der Waals surface area (Å²) < 4.78 is 27.4. The Morgan fingerprint density at radius 3 is 2.27 bits per heavy atom. The average molecular weight is 213 g/mol. The monoisotopic (exact) mass is 213 g/mol. The van der Waals surface area contributed by atoms with Crippen LogP contribution >= 0.6 is 0 Å². The minimum Gasteiger partial charge on any atom is -0.324 e. The van der Waals surface area contributed by atoms with Crippen LogP contribution in [0.2, 0.25) is 0 Å². The highest BCUT2D eigenvalue weighted by atomic mass is 19.3. The zero-order valence-electron chi connectivity index (χ0n) is 9.30. The van der Waals surface area contributed by atoms with E-state index in [-0.39, 0.29) is 11.6 Å². The standard InChI is InChI=1S/C12H17F2N/c1-8(2)12(13,14)11-6-4-5-10(7-11)9(3)15/h4-9H,15H2,1-3H3/t9-/m1/s1. The molecule has 1 aromatic carbocycles. The molecule has 15 heavy (non-hydrogen) atoms. The van der Waals surface area contributed by atoms with Gasteiger partial charge in [-0.25, -0.2) is 8.78 Å². The molecular weight excluding hydrogens is 196 g/mol. The van der Waals surface area contributed by atoms with Gasteiger partial charge in [0.1, 0.15) is 0 Å². The van der Waals surface area contributed by atoms with E-state index in [1.165, 1.54) is 26.0 Å². The Balaban J connectivity index is 3.10. The fraction of sp³-hybridized carbons (Fsp3) is 0.500. The van der Waals surface area contributed by atoms with Crippen LogP contribution in [0, 0.1) is 5.92 Å². The van der Waals surface area contributed by atoms with E-state index in [0.717, 1.165) is 5.56 Å². The molecule has 3 heteroatoms. The zero-order valence-corrected chi connectivity index (χ0v) is 9.30. The second kappa shape index (κ2) is 4.27. The number of nitrogens with two attached hydrogens (primary N) is 1. The number of hydrogen-bond donors (Lipinski definition) is 1. The van der Waals surface area contributed by atoms with Crippen molar-refractivity contribution in [3.8, 4) is 0 Å². The van der Waals surface area contributed by atoms with Crippen molar-refractivity contribution in [2.75, 3.05) is 0 Å². The molecule has 0 saturated heterocycles. The van der Waals surface area contributed by atoms with E-state index < -0.39 is 11.8 Å². The molecule has 0 spiro atoms. The van der Waals surface area contributed by atoms with Crippen molar-refractivity contribution < 1.29 is 8.78 Å². The van der Waals surface area contributed by atoms with Gasteiger partial charge in [-0.05, 0) is 18.6 Å². The summed E-state index contributed by atoms with van der Waals surface area (Å²) in [6.07, 6.45) is 0. The van der Waals surface area contributed by atoms with Gasteiger partial charge in [0.05, 0.1) is 0 Å². The molecule has 84 valence electrons. The number of alkyl halides is 2. The summed E-state index contributed by atoms with van der Waals surface area (Å²) in [7, 11) is 0. The van der Waals surface area contributed by atoms with Crippen LogP contribution in [-0.2, 0) is 5.92 Å². The smallest absolute Gasteiger partial charge is 0.275 e. The van der Waals surface area contributed by atoms with Crippen LogP contribution in [0.5, 0.6) is 0 Å². The summed E-state index contributed by atoms with van der Waals surface area (Å²) in [5, 5.41) is 0. The maximum atomic E-state index is 13.7. The van der Waals surface area contributed by atoms with E-state index in [1.54, 1.807) is 19.1 Å². The van der Waals surface area contributed by atoms with Crippen LogP contribution in [0.25, 0.3) is 0 Å². The van der Waals surface area contributed by atoms with E-state index >= 15 is 0 Å². The van der Waals surface area contributed by atoms with Crippen molar-refractivity contribution in [1.82, 2.24) is 0 Å². The van der Waals surface area contributed by atoms with Crippen molar-refractivity contribution in [3.63, 3.8) is 0 Å². The van der Waals surface area contributed by atoms with Gasteiger partial charge in [-0.1, -0.05) is 32.0 Å². The first kappa shape index (κ1) is 12.1. The maximum absolute atomic E-state index is 13.7. The topological polar surface area (TPSA) is 26.0 Å². The summed E-state index contributed by atoms with van der Waals surface area (Å²) in [5.41, 5.74) is 6.45. The van der Waals surface area contributed by atoms with Gasteiger partial charge in [-0.15, -0.1) is 0 Å². The van der Waals surface area contributed by atoms with Crippen molar-refractivity contribution in [2.24, 2.45) is 11.7 Å². The molecule has 0 saturated carbocycles. The third-order valence-corrected chi connectivity index (χ3v) is 2.52. The molecular formula is C12H17F2N. The molecule has 0 amide bonds. The van der Waals surface area contributed by atoms with Crippen LogP contribution in [0.4, 0.5) is 8.78 Å². The first-order valence-electron chi connectivity index (χ1n) is 5.09. The molecule has 0 aliphatic heterocycles. The van der Waals surface area contributed by atoms with Crippen LogP contribution in [0.1, 0.15) is 37.9 Å². The number of hydrogen-bond acceptors (Lipinski definition) is 1. The lowest BCUT2D eigenvalue weighted by atomic mass is 9.95. The number of halogens is 2. The molecule has 0 aliphatic rings. The molecule has 0 aliphatic carbocycles. The molecule has 2 N–H and O–H groups in total. The largest absolute Gasteiger partial charge is 0.324 e.